The van der Waals surface area contributed by atoms with E-state index in [-0.39, 0.29) is 5.75 Å². The highest BCUT2D eigenvalue weighted by Crippen LogP contribution is 2.27. The molecule has 7 heteroatoms. The highest BCUT2D eigenvalue weighted by Gasteiger charge is 2.16. The highest BCUT2D eigenvalue weighted by atomic mass is 19.1. The first-order valence-corrected chi connectivity index (χ1v) is 3.79. The molecular weight excluding hydrogens is 209 g/mol. The lowest BCUT2D eigenvalue weighted by molar-refractivity contribution is -0.386. The first-order chi connectivity index (χ1) is 7.00. The van der Waals surface area contributed by atoms with Crippen molar-refractivity contribution in [3.63, 3.8) is 0 Å². The third kappa shape index (κ3) is 2.90. The van der Waals surface area contributed by atoms with E-state index in [1.165, 1.54) is 0 Å². The van der Waals surface area contributed by atoms with E-state index in [0.29, 0.717) is 6.07 Å². The van der Waals surface area contributed by atoms with E-state index in [1.807, 2.05) is 0 Å². The van der Waals surface area contributed by atoms with E-state index in [9.17, 15) is 19.3 Å². The van der Waals surface area contributed by atoms with Crippen LogP contribution in [0.25, 0.3) is 0 Å². The molecule has 0 unspecified atom stereocenters. The van der Waals surface area contributed by atoms with Crippen LogP contribution in [0.2, 0.25) is 0 Å². The third-order valence-corrected chi connectivity index (χ3v) is 1.47. The van der Waals surface area contributed by atoms with Crippen LogP contribution in [0.5, 0.6) is 5.75 Å². The molecule has 0 heterocycles. The number of rotatable bonds is 4. The Morgan fingerprint density at radius 2 is 2.27 bits per heavy atom. The topological polar surface area (TPSA) is 89.7 Å². The van der Waals surface area contributed by atoms with E-state index >= 15 is 0 Å². The van der Waals surface area contributed by atoms with E-state index in [0.717, 1.165) is 12.1 Å². The van der Waals surface area contributed by atoms with Gasteiger partial charge in [-0.05, 0) is 12.1 Å². The van der Waals surface area contributed by atoms with Crippen LogP contribution in [0.1, 0.15) is 0 Å². The van der Waals surface area contributed by atoms with E-state index in [2.05, 4.69) is 4.74 Å². The Morgan fingerprint density at radius 3 is 2.80 bits per heavy atom. The predicted molar refractivity (Wildman–Crippen MR) is 46.2 cm³/mol. The lowest BCUT2D eigenvalue weighted by atomic mass is 10.3. The number of carbonyl (C=O) groups is 1. The van der Waals surface area contributed by atoms with Gasteiger partial charge in [-0.25, -0.2) is 9.18 Å². The molecule has 0 aliphatic carbocycles. The molecule has 0 amide bonds. The zero-order chi connectivity index (χ0) is 11.4. The summed E-state index contributed by atoms with van der Waals surface area (Å²) >= 11 is 0. The molecule has 1 aromatic carbocycles. The third-order valence-electron chi connectivity index (χ3n) is 1.47. The summed E-state index contributed by atoms with van der Waals surface area (Å²) in [6, 6.07) is 2.62. The molecule has 15 heavy (non-hydrogen) atoms. The number of hydrogen-bond acceptors (Lipinski definition) is 4. The summed E-state index contributed by atoms with van der Waals surface area (Å²) in [4.78, 5) is 19.7. The van der Waals surface area contributed by atoms with Gasteiger partial charge in [0.15, 0.2) is 12.4 Å². The summed E-state index contributed by atoms with van der Waals surface area (Å²) in [5.41, 5.74) is -0.601. The van der Waals surface area contributed by atoms with Crippen LogP contribution in [0.4, 0.5) is 10.1 Å². The van der Waals surface area contributed by atoms with Gasteiger partial charge in [0.1, 0.15) is 5.82 Å². The number of nitro groups is 1. The number of hydrogen-bond donors (Lipinski definition) is 1. The van der Waals surface area contributed by atoms with Gasteiger partial charge in [0, 0.05) is 0 Å². The molecule has 0 radical (unpaired) electrons. The van der Waals surface area contributed by atoms with Gasteiger partial charge < -0.3 is 9.84 Å². The fraction of sp³-hybridized carbons (Fsp3) is 0.125. The van der Waals surface area contributed by atoms with Crippen molar-refractivity contribution in [2.75, 3.05) is 6.61 Å². The van der Waals surface area contributed by atoms with Gasteiger partial charge in [-0.3, -0.25) is 10.1 Å². The number of benzene rings is 1. The molecule has 6 nitrogen and oxygen atoms in total. The zero-order valence-corrected chi connectivity index (χ0v) is 7.34. The second kappa shape index (κ2) is 4.36. The number of ether oxygens (including phenoxy) is 1. The Kier molecular flexibility index (Phi) is 3.17. The van der Waals surface area contributed by atoms with Gasteiger partial charge in [0.05, 0.1) is 11.0 Å². The Bertz CT molecular complexity index is 406. The number of halogens is 1. The summed E-state index contributed by atoms with van der Waals surface area (Å²) in [5.74, 6) is -2.33. The Balaban J connectivity index is 2.95. The van der Waals surface area contributed by atoms with Crippen LogP contribution >= 0.6 is 0 Å². The highest BCUT2D eigenvalue weighted by molar-refractivity contribution is 5.68. The number of aliphatic carboxylic acids is 1. The van der Waals surface area contributed by atoms with Crippen molar-refractivity contribution in [1.29, 1.82) is 0 Å². The molecule has 0 bridgehead atoms. The average Bonchev–Trinajstić information content (AvgIpc) is 2.15. The molecule has 80 valence electrons. The maximum Gasteiger partial charge on any atom is 0.341 e. The molecule has 0 aliphatic rings. The molecule has 0 aromatic heterocycles. The lowest BCUT2D eigenvalue weighted by Gasteiger charge is -2.03. The van der Waals surface area contributed by atoms with E-state index in [4.69, 9.17) is 5.11 Å². The quantitative estimate of drug-likeness (QED) is 0.601. The molecule has 0 fully saturated rings. The normalized spacial score (nSPS) is 9.67. The van der Waals surface area contributed by atoms with Crippen molar-refractivity contribution >= 4 is 11.7 Å². The van der Waals surface area contributed by atoms with Crippen LogP contribution in [-0.4, -0.2) is 22.6 Å². The first kappa shape index (κ1) is 10.9. The average molecular weight is 215 g/mol. The SMILES string of the molecule is O=C(O)COc1ccc(F)cc1[N+](=O)[O-]. The van der Waals surface area contributed by atoms with Crippen LogP contribution in [-0.2, 0) is 4.79 Å². The van der Waals surface area contributed by atoms with Crippen molar-refractivity contribution in [3.05, 3.63) is 34.1 Å². The molecule has 1 rings (SSSR count). The van der Waals surface area contributed by atoms with Gasteiger partial charge >= 0.3 is 11.7 Å². The van der Waals surface area contributed by atoms with Crippen molar-refractivity contribution in [2.24, 2.45) is 0 Å². The number of carboxylic acids is 1. The molecular formula is C8H6FNO5. The maximum atomic E-state index is 12.6. The van der Waals surface area contributed by atoms with Gasteiger partial charge in [-0.2, -0.15) is 0 Å². The van der Waals surface area contributed by atoms with Crippen LogP contribution in [0.15, 0.2) is 18.2 Å². The van der Waals surface area contributed by atoms with Crippen LogP contribution in [0.3, 0.4) is 0 Å². The fourth-order valence-electron chi connectivity index (χ4n) is 0.895. The standard InChI is InChI=1S/C8H6FNO5/c9-5-1-2-7(15-4-8(11)12)6(3-5)10(13)14/h1-3H,4H2,(H,11,12). The second-order valence-corrected chi connectivity index (χ2v) is 2.55. The Hall–Kier alpha value is -2.18. The van der Waals surface area contributed by atoms with Gasteiger partial charge in [0.2, 0.25) is 0 Å². The van der Waals surface area contributed by atoms with Crippen molar-refractivity contribution in [1.82, 2.24) is 0 Å². The number of carboxylic acid groups (broad SMARTS) is 1. The summed E-state index contributed by atoms with van der Waals surface area (Å²) in [6.07, 6.45) is 0. The number of nitro benzene ring substituents is 1. The van der Waals surface area contributed by atoms with Crippen molar-refractivity contribution < 1.29 is 24.0 Å². The van der Waals surface area contributed by atoms with Crippen molar-refractivity contribution in [3.8, 4) is 5.75 Å². The molecule has 0 saturated carbocycles. The minimum Gasteiger partial charge on any atom is -0.479 e. The first-order valence-electron chi connectivity index (χ1n) is 3.79. The van der Waals surface area contributed by atoms with Crippen LogP contribution in [0, 0.1) is 15.9 Å². The molecule has 0 aliphatic heterocycles. The largest absolute Gasteiger partial charge is 0.479 e. The fourth-order valence-corrected chi connectivity index (χ4v) is 0.895. The van der Waals surface area contributed by atoms with E-state index in [1.54, 1.807) is 0 Å². The zero-order valence-electron chi connectivity index (χ0n) is 7.34. The van der Waals surface area contributed by atoms with Gasteiger partial charge in [-0.1, -0.05) is 0 Å². The van der Waals surface area contributed by atoms with Gasteiger partial charge in [-0.15, -0.1) is 0 Å². The molecule has 0 spiro atoms. The van der Waals surface area contributed by atoms with E-state index < -0.39 is 29.0 Å². The smallest absolute Gasteiger partial charge is 0.341 e. The minimum atomic E-state index is -1.27. The minimum absolute atomic E-state index is 0.274. The summed E-state index contributed by atoms with van der Waals surface area (Å²) in [5, 5.41) is 18.7. The number of nitrogens with zero attached hydrogens (tertiary/aromatic N) is 1. The summed E-state index contributed by atoms with van der Waals surface area (Å²) < 4.78 is 17.2. The molecule has 0 atom stereocenters. The Labute approximate surface area is 83.0 Å². The molecule has 0 saturated heterocycles. The molecule has 1 aromatic rings. The Morgan fingerprint density at radius 1 is 1.60 bits per heavy atom. The maximum absolute atomic E-state index is 12.6. The van der Waals surface area contributed by atoms with Crippen LogP contribution < -0.4 is 4.74 Å². The second-order valence-electron chi connectivity index (χ2n) is 2.55. The lowest BCUT2D eigenvalue weighted by Crippen LogP contribution is -2.10. The summed E-state index contributed by atoms with van der Waals surface area (Å²) in [7, 11) is 0. The van der Waals surface area contributed by atoms with Crippen molar-refractivity contribution in [2.45, 2.75) is 0 Å². The van der Waals surface area contributed by atoms with Gasteiger partial charge in [0.25, 0.3) is 0 Å². The monoisotopic (exact) mass is 215 g/mol. The molecule has 1 N–H and O–H groups in total. The predicted octanol–water partition coefficient (Wildman–Crippen LogP) is 1.20. The summed E-state index contributed by atoms with van der Waals surface area (Å²) in [6.45, 7) is -0.716.